The van der Waals surface area contributed by atoms with E-state index < -0.39 is 17.5 Å². The molecular formula is C15H20N2O3S. The smallest absolute Gasteiger partial charge is 0.342 e. The van der Waals surface area contributed by atoms with Crippen LogP contribution in [0.3, 0.4) is 0 Å². The highest BCUT2D eigenvalue weighted by Crippen LogP contribution is 2.34. The number of amides is 1. The summed E-state index contributed by atoms with van der Waals surface area (Å²) in [5.41, 5.74) is 0.531. The third-order valence-electron chi connectivity index (χ3n) is 2.96. The minimum absolute atomic E-state index is 0.175. The molecule has 1 N–H and O–H groups in total. The van der Waals surface area contributed by atoms with E-state index in [-0.39, 0.29) is 5.91 Å². The minimum Gasteiger partial charge on any atom is -0.444 e. The predicted octanol–water partition coefficient (Wildman–Crippen LogP) is 3.42. The number of thiophene rings is 1. The standard InChI is InChI=1S/C15H20N2O3S/c1-8(7-16)20-13(18)11-9(2)10(3)21-12(11)17-14(19)15(4,5)6/h8H,1-6H3,(H,17,19)/t8-/m0/s1. The first-order chi connectivity index (χ1) is 9.57. The summed E-state index contributed by atoms with van der Waals surface area (Å²) >= 11 is 1.33. The molecule has 1 heterocycles. The molecule has 21 heavy (non-hydrogen) atoms. The lowest BCUT2D eigenvalue weighted by atomic mass is 9.96. The Labute approximate surface area is 128 Å². The maximum atomic E-state index is 12.2. The zero-order valence-electron chi connectivity index (χ0n) is 13.2. The molecule has 0 aliphatic rings. The van der Waals surface area contributed by atoms with Crippen LogP contribution in [-0.4, -0.2) is 18.0 Å². The molecule has 1 atom stereocenters. The Morgan fingerprint density at radius 2 is 1.90 bits per heavy atom. The summed E-state index contributed by atoms with van der Waals surface area (Å²) in [5.74, 6) is -0.763. The van der Waals surface area contributed by atoms with Crippen molar-refractivity contribution >= 4 is 28.2 Å². The van der Waals surface area contributed by atoms with Gasteiger partial charge in [-0.3, -0.25) is 4.79 Å². The number of anilines is 1. The Balaban J connectivity index is 3.13. The number of nitrogens with one attached hydrogen (secondary N) is 1. The van der Waals surface area contributed by atoms with Crippen molar-refractivity contribution < 1.29 is 14.3 Å². The van der Waals surface area contributed by atoms with Gasteiger partial charge in [-0.2, -0.15) is 5.26 Å². The van der Waals surface area contributed by atoms with E-state index in [4.69, 9.17) is 10.00 Å². The summed E-state index contributed by atoms with van der Waals surface area (Å²) in [6.07, 6.45) is -0.830. The molecule has 0 aromatic carbocycles. The molecule has 0 saturated carbocycles. The van der Waals surface area contributed by atoms with Crippen LogP contribution >= 0.6 is 11.3 Å². The van der Waals surface area contributed by atoms with Crippen molar-refractivity contribution in [2.75, 3.05) is 5.32 Å². The molecule has 0 aliphatic carbocycles. The van der Waals surface area contributed by atoms with Gasteiger partial charge < -0.3 is 10.1 Å². The molecule has 114 valence electrons. The molecule has 0 aliphatic heterocycles. The molecule has 0 spiro atoms. The van der Waals surface area contributed by atoms with Gasteiger partial charge in [-0.15, -0.1) is 11.3 Å². The minimum atomic E-state index is -0.830. The number of hydrogen-bond donors (Lipinski definition) is 1. The van der Waals surface area contributed by atoms with Crippen LogP contribution in [0.5, 0.6) is 0 Å². The number of esters is 1. The lowest BCUT2D eigenvalue weighted by Crippen LogP contribution is -2.28. The van der Waals surface area contributed by atoms with Gasteiger partial charge in [0, 0.05) is 10.3 Å². The molecule has 0 bridgehead atoms. The average molecular weight is 308 g/mol. The van der Waals surface area contributed by atoms with Crippen molar-refractivity contribution in [3.05, 3.63) is 16.0 Å². The first kappa shape index (κ1) is 17.2. The number of nitriles is 1. The Morgan fingerprint density at radius 1 is 1.33 bits per heavy atom. The molecule has 1 amide bonds. The van der Waals surface area contributed by atoms with Gasteiger partial charge in [-0.05, 0) is 26.3 Å². The van der Waals surface area contributed by atoms with Crippen molar-refractivity contribution in [2.24, 2.45) is 5.41 Å². The zero-order valence-corrected chi connectivity index (χ0v) is 14.0. The van der Waals surface area contributed by atoms with Crippen molar-refractivity contribution in [3.8, 4) is 6.07 Å². The number of nitrogens with zero attached hydrogens (tertiary/aromatic N) is 1. The molecule has 0 fully saturated rings. The highest BCUT2D eigenvalue weighted by molar-refractivity contribution is 7.16. The fourth-order valence-electron chi connectivity index (χ4n) is 1.50. The first-order valence-corrected chi connectivity index (χ1v) is 7.41. The third-order valence-corrected chi connectivity index (χ3v) is 4.09. The second-order valence-corrected chi connectivity index (χ2v) is 7.09. The summed E-state index contributed by atoms with van der Waals surface area (Å²) in [6.45, 7) is 10.6. The van der Waals surface area contributed by atoms with Gasteiger partial charge >= 0.3 is 5.97 Å². The van der Waals surface area contributed by atoms with Gasteiger partial charge in [0.05, 0.1) is 5.56 Å². The Morgan fingerprint density at radius 3 is 2.38 bits per heavy atom. The fourth-order valence-corrected chi connectivity index (χ4v) is 2.54. The van der Waals surface area contributed by atoms with Gasteiger partial charge in [0.2, 0.25) is 5.91 Å². The summed E-state index contributed by atoms with van der Waals surface area (Å²) in [6, 6.07) is 1.85. The molecule has 0 unspecified atom stereocenters. The first-order valence-electron chi connectivity index (χ1n) is 6.60. The maximum Gasteiger partial charge on any atom is 0.342 e. The van der Waals surface area contributed by atoms with Crippen LogP contribution in [0.2, 0.25) is 0 Å². The van der Waals surface area contributed by atoms with Crippen LogP contribution in [0.15, 0.2) is 0 Å². The van der Waals surface area contributed by atoms with E-state index in [1.54, 1.807) is 27.7 Å². The number of ether oxygens (including phenoxy) is 1. The number of carbonyl (C=O) groups excluding carboxylic acids is 2. The van der Waals surface area contributed by atoms with Crippen LogP contribution in [0.4, 0.5) is 5.00 Å². The third kappa shape index (κ3) is 4.05. The number of carbonyl (C=O) groups is 2. The zero-order chi connectivity index (χ0) is 16.4. The van der Waals surface area contributed by atoms with Crippen molar-refractivity contribution in [1.82, 2.24) is 0 Å². The van der Waals surface area contributed by atoms with E-state index in [0.717, 1.165) is 10.4 Å². The number of aryl methyl sites for hydroxylation is 1. The van der Waals surface area contributed by atoms with Gasteiger partial charge in [-0.1, -0.05) is 20.8 Å². The maximum absolute atomic E-state index is 12.2. The Kier molecular flexibility index (Phi) is 5.13. The SMILES string of the molecule is Cc1sc(NC(=O)C(C)(C)C)c(C(=O)O[C@@H](C)C#N)c1C. The van der Waals surface area contributed by atoms with E-state index in [1.165, 1.54) is 18.3 Å². The summed E-state index contributed by atoms with van der Waals surface area (Å²) < 4.78 is 5.04. The number of rotatable bonds is 3. The molecule has 1 aromatic rings. The molecule has 1 aromatic heterocycles. The molecule has 0 saturated heterocycles. The van der Waals surface area contributed by atoms with E-state index >= 15 is 0 Å². The van der Waals surface area contributed by atoms with Crippen molar-refractivity contribution in [2.45, 2.75) is 47.6 Å². The quantitative estimate of drug-likeness (QED) is 0.868. The second-order valence-electron chi connectivity index (χ2n) is 5.87. The van der Waals surface area contributed by atoms with Crippen molar-refractivity contribution in [1.29, 1.82) is 5.26 Å². The lowest BCUT2D eigenvalue weighted by molar-refractivity contribution is -0.123. The van der Waals surface area contributed by atoms with Gasteiger partial charge in [0.25, 0.3) is 0 Å². The van der Waals surface area contributed by atoms with Crippen LogP contribution < -0.4 is 5.32 Å². The Bertz CT molecular complexity index is 606. The number of hydrogen-bond acceptors (Lipinski definition) is 5. The summed E-state index contributed by atoms with van der Waals surface area (Å²) in [7, 11) is 0. The Hall–Kier alpha value is -1.87. The summed E-state index contributed by atoms with van der Waals surface area (Å²) in [5, 5.41) is 12.0. The molecule has 6 heteroatoms. The fraction of sp³-hybridized carbons (Fsp3) is 0.533. The van der Waals surface area contributed by atoms with Crippen LogP contribution in [0, 0.1) is 30.6 Å². The van der Waals surface area contributed by atoms with E-state index in [1.807, 2.05) is 13.0 Å². The molecule has 5 nitrogen and oxygen atoms in total. The molecule has 0 radical (unpaired) electrons. The van der Waals surface area contributed by atoms with Gasteiger partial charge in [0.1, 0.15) is 11.1 Å². The monoisotopic (exact) mass is 308 g/mol. The average Bonchev–Trinajstić information content (AvgIpc) is 2.63. The van der Waals surface area contributed by atoms with Gasteiger partial charge in [-0.25, -0.2) is 4.79 Å². The molecular weight excluding hydrogens is 288 g/mol. The largest absolute Gasteiger partial charge is 0.444 e. The normalized spacial score (nSPS) is 12.4. The summed E-state index contributed by atoms with van der Waals surface area (Å²) in [4.78, 5) is 25.2. The van der Waals surface area contributed by atoms with Crippen molar-refractivity contribution in [3.63, 3.8) is 0 Å². The topological polar surface area (TPSA) is 79.2 Å². The molecule has 1 rings (SSSR count). The van der Waals surface area contributed by atoms with E-state index in [9.17, 15) is 9.59 Å². The van der Waals surface area contributed by atoms with Gasteiger partial charge in [0.15, 0.2) is 6.10 Å². The van der Waals surface area contributed by atoms with E-state index in [2.05, 4.69) is 5.32 Å². The van der Waals surface area contributed by atoms with E-state index in [0.29, 0.717) is 10.6 Å². The van der Waals surface area contributed by atoms with Crippen LogP contribution in [-0.2, 0) is 9.53 Å². The lowest BCUT2D eigenvalue weighted by Gasteiger charge is -2.17. The van der Waals surface area contributed by atoms with Crippen LogP contribution in [0.1, 0.15) is 48.5 Å². The predicted molar refractivity (Wildman–Crippen MR) is 82.4 cm³/mol. The highest BCUT2D eigenvalue weighted by Gasteiger charge is 2.27. The highest BCUT2D eigenvalue weighted by atomic mass is 32.1. The second kappa shape index (κ2) is 6.27. The van der Waals surface area contributed by atoms with Crippen LogP contribution in [0.25, 0.3) is 0 Å².